The Morgan fingerprint density at radius 3 is 2.35 bits per heavy atom. The number of carbonyl (C=O) groups excluding carboxylic acids is 1. The molecule has 0 spiro atoms. The summed E-state index contributed by atoms with van der Waals surface area (Å²) < 4.78 is 5.27. The monoisotopic (exact) mass is 235 g/mol. The van der Waals surface area contributed by atoms with Gasteiger partial charge >= 0.3 is 5.97 Å². The van der Waals surface area contributed by atoms with Crippen molar-refractivity contribution in [3.05, 3.63) is 35.9 Å². The molecule has 94 valence electrons. The lowest BCUT2D eigenvalue weighted by atomic mass is 10.2. The minimum Gasteiger partial charge on any atom is -0.459 e. The van der Waals surface area contributed by atoms with Crippen LogP contribution in [-0.2, 0) is 16.1 Å². The average Bonchev–Trinajstić information content (AvgIpc) is 2.15. The van der Waals surface area contributed by atoms with Gasteiger partial charge in [0.2, 0.25) is 0 Å². The summed E-state index contributed by atoms with van der Waals surface area (Å²) in [5.41, 5.74) is 0.781. The molecule has 1 aromatic rings. The normalized spacial score (nSPS) is 11.6. The van der Waals surface area contributed by atoms with E-state index in [1.165, 1.54) is 5.56 Å². The van der Waals surface area contributed by atoms with E-state index in [9.17, 15) is 4.79 Å². The lowest BCUT2D eigenvalue weighted by Gasteiger charge is -2.22. The zero-order valence-corrected chi connectivity index (χ0v) is 11.1. The van der Waals surface area contributed by atoms with Crippen LogP contribution in [0.3, 0.4) is 0 Å². The van der Waals surface area contributed by atoms with Gasteiger partial charge in [-0.25, -0.2) is 0 Å². The summed E-state index contributed by atoms with van der Waals surface area (Å²) in [6.07, 6.45) is 0. The Morgan fingerprint density at radius 2 is 1.82 bits per heavy atom. The second-order valence-electron chi connectivity index (χ2n) is 5.24. The number of ether oxygens (including phenoxy) is 1. The van der Waals surface area contributed by atoms with Gasteiger partial charge in [-0.05, 0) is 33.4 Å². The van der Waals surface area contributed by atoms with Gasteiger partial charge in [-0.3, -0.25) is 9.69 Å². The molecule has 0 aromatic heterocycles. The molecule has 0 heterocycles. The summed E-state index contributed by atoms with van der Waals surface area (Å²) in [5, 5.41) is 0. The summed E-state index contributed by atoms with van der Waals surface area (Å²) in [6.45, 7) is 6.69. The molecule has 0 aliphatic carbocycles. The Balaban J connectivity index is 2.40. The highest BCUT2D eigenvalue weighted by molar-refractivity contribution is 5.72. The third-order valence-electron chi connectivity index (χ3n) is 2.11. The number of carbonyl (C=O) groups is 1. The molecule has 0 atom stereocenters. The summed E-state index contributed by atoms with van der Waals surface area (Å²) in [6, 6.07) is 10.1. The first kappa shape index (κ1) is 13.7. The van der Waals surface area contributed by atoms with Crippen molar-refractivity contribution in [2.45, 2.75) is 32.9 Å². The zero-order valence-electron chi connectivity index (χ0n) is 11.1. The van der Waals surface area contributed by atoms with Gasteiger partial charge in [0, 0.05) is 6.54 Å². The van der Waals surface area contributed by atoms with Crippen LogP contribution < -0.4 is 0 Å². The van der Waals surface area contributed by atoms with E-state index in [0.29, 0.717) is 6.54 Å². The molecule has 17 heavy (non-hydrogen) atoms. The van der Waals surface area contributed by atoms with E-state index >= 15 is 0 Å². The van der Waals surface area contributed by atoms with E-state index in [2.05, 4.69) is 0 Å². The summed E-state index contributed by atoms with van der Waals surface area (Å²) in [5.74, 6) is -0.184. The first-order valence-corrected chi connectivity index (χ1v) is 5.81. The zero-order chi connectivity index (χ0) is 12.9. The minimum absolute atomic E-state index is 0.184. The van der Waals surface area contributed by atoms with Crippen LogP contribution in [0.5, 0.6) is 0 Å². The predicted octanol–water partition coefficient (Wildman–Crippen LogP) is 2.46. The third-order valence-corrected chi connectivity index (χ3v) is 2.11. The largest absolute Gasteiger partial charge is 0.459 e. The Bertz CT molecular complexity index is 354. The molecule has 1 rings (SSSR count). The third kappa shape index (κ3) is 6.07. The number of likely N-dealkylation sites (N-methyl/N-ethyl adjacent to an activating group) is 1. The smallest absolute Gasteiger partial charge is 0.320 e. The van der Waals surface area contributed by atoms with Crippen LogP contribution in [0, 0.1) is 0 Å². The topological polar surface area (TPSA) is 29.5 Å². The van der Waals surface area contributed by atoms with Crippen molar-refractivity contribution in [2.75, 3.05) is 13.6 Å². The minimum atomic E-state index is -0.412. The molecule has 0 bridgehead atoms. The predicted molar refractivity (Wildman–Crippen MR) is 68.6 cm³/mol. The molecule has 0 saturated carbocycles. The molecular formula is C14H21NO2. The Labute approximate surface area is 103 Å². The molecule has 0 amide bonds. The SMILES string of the molecule is CN(CC(=O)OC(C)(C)C)Cc1ccccc1. The van der Waals surface area contributed by atoms with Gasteiger partial charge < -0.3 is 4.74 Å². The van der Waals surface area contributed by atoms with E-state index in [1.807, 2.05) is 63.1 Å². The number of esters is 1. The number of rotatable bonds is 4. The van der Waals surface area contributed by atoms with Gasteiger partial charge in [-0.2, -0.15) is 0 Å². The van der Waals surface area contributed by atoms with Crippen LogP contribution in [-0.4, -0.2) is 30.1 Å². The summed E-state index contributed by atoms with van der Waals surface area (Å²) >= 11 is 0. The van der Waals surface area contributed by atoms with Gasteiger partial charge in [0.05, 0.1) is 6.54 Å². The molecule has 0 N–H and O–H groups in total. The van der Waals surface area contributed by atoms with Gasteiger partial charge in [-0.1, -0.05) is 30.3 Å². The number of nitrogens with zero attached hydrogens (tertiary/aromatic N) is 1. The highest BCUT2D eigenvalue weighted by Crippen LogP contribution is 2.08. The van der Waals surface area contributed by atoms with Crippen molar-refractivity contribution in [2.24, 2.45) is 0 Å². The molecule has 0 aliphatic rings. The molecule has 0 fully saturated rings. The Morgan fingerprint density at radius 1 is 1.24 bits per heavy atom. The van der Waals surface area contributed by atoms with Crippen molar-refractivity contribution in [3.63, 3.8) is 0 Å². The molecule has 0 radical (unpaired) electrons. The van der Waals surface area contributed by atoms with E-state index in [4.69, 9.17) is 4.74 Å². The van der Waals surface area contributed by atoms with E-state index in [0.717, 1.165) is 6.54 Å². The van der Waals surface area contributed by atoms with Crippen LogP contribution in [0.25, 0.3) is 0 Å². The molecular weight excluding hydrogens is 214 g/mol. The lowest BCUT2D eigenvalue weighted by Crippen LogP contribution is -2.32. The number of hydrogen-bond acceptors (Lipinski definition) is 3. The maximum absolute atomic E-state index is 11.6. The van der Waals surface area contributed by atoms with Gasteiger partial charge in [0.15, 0.2) is 0 Å². The fourth-order valence-corrected chi connectivity index (χ4v) is 1.55. The van der Waals surface area contributed by atoms with Gasteiger partial charge in [-0.15, -0.1) is 0 Å². The lowest BCUT2D eigenvalue weighted by molar-refractivity contribution is -0.155. The Hall–Kier alpha value is -1.35. The van der Waals surface area contributed by atoms with E-state index < -0.39 is 5.60 Å². The average molecular weight is 235 g/mol. The highest BCUT2D eigenvalue weighted by atomic mass is 16.6. The van der Waals surface area contributed by atoms with Crippen LogP contribution in [0.4, 0.5) is 0 Å². The molecule has 0 unspecified atom stereocenters. The second-order valence-corrected chi connectivity index (χ2v) is 5.24. The van der Waals surface area contributed by atoms with Crippen LogP contribution >= 0.6 is 0 Å². The van der Waals surface area contributed by atoms with Gasteiger partial charge in [0.25, 0.3) is 0 Å². The molecule has 3 heteroatoms. The fraction of sp³-hybridized carbons (Fsp3) is 0.500. The van der Waals surface area contributed by atoms with E-state index in [1.54, 1.807) is 0 Å². The van der Waals surface area contributed by atoms with Gasteiger partial charge in [0.1, 0.15) is 5.60 Å². The first-order valence-electron chi connectivity index (χ1n) is 5.81. The van der Waals surface area contributed by atoms with Crippen LogP contribution in [0.15, 0.2) is 30.3 Å². The maximum Gasteiger partial charge on any atom is 0.320 e. The summed E-state index contributed by atoms with van der Waals surface area (Å²) in [4.78, 5) is 13.5. The molecule has 0 aliphatic heterocycles. The van der Waals surface area contributed by atoms with Crippen molar-refractivity contribution in [3.8, 4) is 0 Å². The standard InChI is InChI=1S/C14H21NO2/c1-14(2,3)17-13(16)11-15(4)10-12-8-6-5-7-9-12/h5-9H,10-11H2,1-4H3. The summed E-state index contributed by atoms with van der Waals surface area (Å²) in [7, 11) is 1.91. The van der Waals surface area contributed by atoms with Crippen molar-refractivity contribution in [1.29, 1.82) is 0 Å². The Kier molecular flexibility index (Phi) is 4.70. The maximum atomic E-state index is 11.6. The molecule has 1 aromatic carbocycles. The highest BCUT2D eigenvalue weighted by Gasteiger charge is 2.17. The van der Waals surface area contributed by atoms with Crippen LogP contribution in [0.1, 0.15) is 26.3 Å². The number of benzene rings is 1. The molecule has 3 nitrogen and oxygen atoms in total. The quantitative estimate of drug-likeness (QED) is 0.751. The fourth-order valence-electron chi connectivity index (χ4n) is 1.55. The van der Waals surface area contributed by atoms with Crippen LogP contribution in [0.2, 0.25) is 0 Å². The first-order chi connectivity index (χ1) is 7.87. The molecule has 0 saturated heterocycles. The second kappa shape index (κ2) is 5.82. The van der Waals surface area contributed by atoms with E-state index in [-0.39, 0.29) is 5.97 Å². The van der Waals surface area contributed by atoms with Crippen molar-refractivity contribution in [1.82, 2.24) is 4.90 Å². The van der Waals surface area contributed by atoms with Crippen molar-refractivity contribution < 1.29 is 9.53 Å². The van der Waals surface area contributed by atoms with Crippen molar-refractivity contribution >= 4 is 5.97 Å². The number of hydrogen-bond donors (Lipinski definition) is 0.